The molecular weight excluding hydrogens is 338 g/mol. The Morgan fingerprint density at radius 2 is 0.929 bits per heavy atom. The second-order valence-electron chi connectivity index (χ2n) is 8.72. The zero-order valence-electron chi connectivity index (χ0n) is 19.5. The Morgan fingerprint density at radius 3 is 1.36 bits per heavy atom. The van der Waals surface area contributed by atoms with Gasteiger partial charge in [0.15, 0.2) is 0 Å². The highest BCUT2D eigenvalue weighted by Gasteiger charge is 2.08. The Labute approximate surface area is 177 Å². The van der Waals surface area contributed by atoms with Crippen LogP contribution in [-0.2, 0) is 0 Å². The number of hydrogen-bond donors (Lipinski definition) is 0. The number of rotatable bonds is 19. The molecule has 1 rings (SSSR count). The van der Waals surface area contributed by atoms with E-state index in [2.05, 4.69) is 49.9 Å². The fraction of sp³-hybridized carbons (Fsp3) is 0.778. The molecule has 162 valence electrons. The summed E-state index contributed by atoms with van der Waals surface area (Å²) in [5.41, 5.74) is 2.90. The molecule has 0 aliphatic carbocycles. The van der Waals surface area contributed by atoms with Gasteiger partial charge < -0.3 is 4.90 Å². The van der Waals surface area contributed by atoms with Crippen LogP contribution in [-0.4, -0.2) is 13.1 Å². The van der Waals surface area contributed by atoms with E-state index in [1.165, 1.54) is 127 Å². The van der Waals surface area contributed by atoms with Crippen LogP contribution in [0.25, 0.3) is 0 Å². The van der Waals surface area contributed by atoms with Gasteiger partial charge >= 0.3 is 0 Å². The Morgan fingerprint density at radius 1 is 0.536 bits per heavy atom. The number of aryl methyl sites for hydroxylation is 1. The summed E-state index contributed by atoms with van der Waals surface area (Å²) in [5, 5.41) is 0. The fourth-order valence-corrected chi connectivity index (χ4v) is 4.14. The van der Waals surface area contributed by atoms with Gasteiger partial charge in [0.25, 0.3) is 0 Å². The van der Waals surface area contributed by atoms with Gasteiger partial charge in [0.1, 0.15) is 0 Å². The lowest BCUT2D eigenvalue weighted by molar-refractivity contribution is 0.555. The van der Waals surface area contributed by atoms with Crippen molar-refractivity contribution < 1.29 is 0 Å². The highest BCUT2D eigenvalue weighted by Crippen LogP contribution is 2.21. The van der Waals surface area contributed by atoms with Gasteiger partial charge in [-0.3, -0.25) is 0 Å². The second-order valence-corrected chi connectivity index (χ2v) is 8.72. The van der Waals surface area contributed by atoms with E-state index in [9.17, 15) is 0 Å². The molecule has 28 heavy (non-hydrogen) atoms. The maximum atomic E-state index is 2.67. The first-order chi connectivity index (χ1) is 13.8. The smallest absolute Gasteiger partial charge is 0.0395 e. The second kappa shape index (κ2) is 18.1. The summed E-state index contributed by atoms with van der Waals surface area (Å²) in [6.07, 6.45) is 22.5. The molecule has 0 fully saturated rings. The normalized spacial score (nSPS) is 11.1. The van der Waals surface area contributed by atoms with Crippen LogP contribution in [0, 0.1) is 6.92 Å². The number of hydrogen-bond acceptors (Lipinski definition) is 1. The molecule has 0 aliphatic rings. The summed E-state index contributed by atoms with van der Waals surface area (Å²) in [6.45, 7) is 9.33. The van der Waals surface area contributed by atoms with Crippen LogP contribution in [0.15, 0.2) is 24.3 Å². The standard InChI is InChI=1S/C27H49N/c1-4-6-8-10-12-14-16-20-24-28(27-23-19-18-22-26(27)3)25-21-17-15-13-11-9-7-5-2/h18-19,22-23H,4-17,20-21,24-25H2,1-3H3. The summed E-state index contributed by atoms with van der Waals surface area (Å²) in [7, 11) is 0. The van der Waals surface area contributed by atoms with Gasteiger partial charge in [0.2, 0.25) is 0 Å². The predicted molar refractivity (Wildman–Crippen MR) is 129 cm³/mol. The summed E-state index contributed by atoms with van der Waals surface area (Å²) >= 11 is 0. The van der Waals surface area contributed by atoms with E-state index < -0.39 is 0 Å². The van der Waals surface area contributed by atoms with E-state index in [1.54, 1.807) is 0 Å². The van der Waals surface area contributed by atoms with Crippen LogP contribution >= 0.6 is 0 Å². The van der Waals surface area contributed by atoms with Crippen LogP contribution in [0.3, 0.4) is 0 Å². The Hall–Kier alpha value is -0.980. The minimum absolute atomic E-state index is 1.23. The summed E-state index contributed by atoms with van der Waals surface area (Å²) in [5.74, 6) is 0. The number of benzene rings is 1. The van der Waals surface area contributed by atoms with Crippen molar-refractivity contribution in [1.29, 1.82) is 0 Å². The van der Waals surface area contributed by atoms with Crippen molar-refractivity contribution in [3.8, 4) is 0 Å². The molecule has 1 aromatic carbocycles. The molecule has 0 radical (unpaired) electrons. The molecule has 0 bridgehead atoms. The van der Waals surface area contributed by atoms with Crippen molar-refractivity contribution in [2.45, 2.75) is 124 Å². The van der Waals surface area contributed by atoms with Gasteiger partial charge in [-0.2, -0.15) is 0 Å². The van der Waals surface area contributed by atoms with Gasteiger partial charge in [-0.15, -0.1) is 0 Å². The van der Waals surface area contributed by atoms with Crippen LogP contribution in [0.5, 0.6) is 0 Å². The minimum atomic E-state index is 1.23. The van der Waals surface area contributed by atoms with E-state index in [-0.39, 0.29) is 0 Å². The molecular formula is C27H49N. The first-order valence-electron chi connectivity index (χ1n) is 12.6. The molecule has 0 aromatic heterocycles. The third-order valence-corrected chi connectivity index (χ3v) is 6.02. The lowest BCUT2D eigenvalue weighted by Gasteiger charge is -2.26. The molecule has 0 N–H and O–H groups in total. The average molecular weight is 388 g/mol. The molecule has 0 atom stereocenters. The third-order valence-electron chi connectivity index (χ3n) is 6.02. The topological polar surface area (TPSA) is 3.24 Å². The zero-order chi connectivity index (χ0) is 20.3. The van der Waals surface area contributed by atoms with Crippen molar-refractivity contribution in [3.05, 3.63) is 29.8 Å². The lowest BCUT2D eigenvalue weighted by atomic mass is 10.1. The molecule has 0 amide bonds. The molecule has 0 saturated heterocycles. The van der Waals surface area contributed by atoms with E-state index >= 15 is 0 Å². The van der Waals surface area contributed by atoms with Crippen LogP contribution in [0.2, 0.25) is 0 Å². The van der Waals surface area contributed by atoms with Gasteiger partial charge in [-0.25, -0.2) is 0 Å². The molecule has 0 aliphatic heterocycles. The van der Waals surface area contributed by atoms with Gasteiger partial charge in [0.05, 0.1) is 0 Å². The number of anilines is 1. The maximum absolute atomic E-state index is 2.67. The Bertz CT molecular complexity index is 433. The largest absolute Gasteiger partial charge is 0.371 e. The molecule has 1 heteroatoms. The van der Waals surface area contributed by atoms with Crippen molar-refractivity contribution in [3.63, 3.8) is 0 Å². The zero-order valence-corrected chi connectivity index (χ0v) is 19.5. The monoisotopic (exact) mass is 387 g/mol. The third kappa shape index (κ3) is 12.5. The molecule has 0 heterocycles. The number of para-hydroxylation sites is 1. The number of nitrogens with zero attached hydrogens (tertiary/aromatic N) is 1. The molecule has 0 saturated carbocycles. The van der Waals surface area contributed by atoms with Crippen molar-refractivity contribution in [2.24, 2.45) is 0 Å². The van der Waals surface area contributed by atoms with Crippen molar-refractivity contribution in [2.75, 3.05) is 18.0 Å². The lowest BCUT2D eigenvalue weighted by Crippen LogP contribution is -2.26. The van der Waals surface area contributed by atoms with Gasteiger partial charge in [-0.1, -0.05) is 122 Å². The first kappa shape index (κ1) is 25.1. The van der Waals surface area contributed by atoms with Crippen molar-refractivity contribution in [1.82, 2.24) is 0 Å². The molecule has 0 spiro atoms. The van der Waals surface area contributed by atoms with E-state index in [0.717, 1.165) is 0 Å². The molecule has 1 nitrogen and oxygen atoms in total. The van der Waals surface area contributed by atoms with E-state index in [0.29, 0.717) is 0 Å². The average Bonchev–Trinajstić information content (AvgIpc) is 2.71. The highest BCUT2D eigenvalue weighted by molar-refractivity contribution is 5.52. The maximum Gasteiger partial charge on any atom is 0.0395 e. The summed E-state index contributed by atoms with van der Waals surface area (Å²) < 4.78 is 0. The van der Waals surface area contributed by atoms with Gasteiger partial charge in [0, 0.05) is 18.8 Å². The highest BCUT2D eigenvalue weighted by atomic mass is 15.1. The predicted octanol–water partition coefficient (Wildman–Crippen LogP) is 9.08. The Kier molecular flexibility index (Phi) is 16.2. The summed E-state index contributed by atoms with van der Waals surface area (Å²) in [4.78, 5) is 2.67. The quantitative estimate of drug-likeness (QED) is 0.214. The van der Waals surface area contributed by atoms with Crippen LogP contribution in [0.1, 0.15) is 122 Å². The van der Waals surface area contributed by atoms with Crippen molar-refractivity contribution >= 4 is 5.69 Å². The summed E-state index contributed by atoms with van der Waals surface area (Å²) in [6, 6.07) is 8.97. The van der Waals surface area contributed by atoms with E-state index in [4.69, 9.17) is 0 Å². The molecule has 0 unspecified atom stereocenters. The SMILES string of the molecule is CCCCCCCCCCN(CCCCCCCCCC)c1ccccc1C. The Balaban J connectivity index is 2.27. The minimum Gasteiger partial charge on any atom is -0.371 e. The van der Waals surface area contributed by atoms with Crippen LogP contribution in [0.4, 0.5) is 5.69 Å². The van der Waals surface area contributed by atoms with Gasteiger partial charge in [-0.05, 0) is 31.4 Å². The number of unbranched alkanes of at least 4 members (excludes halogenated alkanes) is 14. The van der Waals surface area contributed by atoms with Crippen LogP contribution < -0.4 is 4.90 Å². The van der Waals surface area contributed by atoms with E-state index in [1.807, 2.05) is 0 Å². The molecule has 1 aromatic rings. The first-order valence-corrected chi connectivity index (χ1v) is 12.6. The fourth-order valence-electron chi connectivity index (χ4n) is 4.14.